The lowest BCUT2D eigenvalue weighted by Gasteiger charge is -2.49. The molecule has 1 N–H and O–H groups in total. The van der Waals surface area contributed by atoms with E-state index in [-0.39, 0.29) is 50.9 Å². The van der Waals surface area contributed by atoms with E-state index in [2.05, 4.69) is 15.9 Å². The van der Waals surface area contributed by atoms with Gasteiger partial charge >= 0.3 is 11.4 Å². The second-order valence-corrected chi connectivity index (χ2v) is 15.3. The Kier molecular flexibility index (Phi) is 8.80. The van der Waals surface area contributed by atoms with Crippen molar-refractivity contribution < 1.29 is 43.3 Å². The second-order valence-electron chi connectivity index (χ2n) is 14.1. The molecule has 7 rings (SSSR count). The lowest BCUT2D eigenvalue weighted by Crippen LogP contribution is -2.48. The van der Waals surface area contributed by atoms with Gasteiger partial charge in [0, 0.05) is 32.1 Å². The van der Waals surface area contributed by atoms with Gasteiger partial charge in [-0.1, -0.05) is 23.3 Å². The molecule has 2 heterocycles. The third-order valence-corrected chi connectivity index (χ3v) is 12.1. The Balaban J connectivity index is 1.39. The monoisotopic (exact) mass is 825 g/mol. The molecule has 4 aliphatic rings. The lowest BCUT2D eigenvalue weighted by molar-refractivity contribution is -0.392. The minimum Gasteiger partial charge on any atom is -0.503 e. The number of nitro groups is 2. The highest BCUT2D eigenvalue weighted by atomic mass is 79.9. The summed E-state index contributed by atoms with van der Waals surface area (Å²) in [5.41, 5.74) is -2.51. The molecule has 15 nitrogen and oxygen atoms in total. The van der Waals surface area contributed by atoms with Gasteiger partial charge in [0.1, 0.15) is 5.82 Å². The summed E-state index contributed by atoms with van der Waals surface area (Å²) in [4.78, 5) is 83.3. The number of phenolic OH excluding ortho intramolecular Hbond substituents is 1. The van der Waals surface area contributed by atoms with E-state index in [0.717, 1.165) is 28.0 Å². The number of rotatable bonds is 7. The Morgan fingerprint density at radius 1 is 0.963 bits per heavy atom. The molecule has 6 atom stereocenters. The number of amides is 4. The SMILES string of the molecule is COc1cc([C@H]2C3=CC[C@@H]4C(=O)N(c5cc([N+](=O)[O-])c(N(C)C)c([N+](=O)[O-])c5)C(=O)[C@@H]4[C@@H]3C[C@H]3C(=O)N(c4ccc(F)c(Cl)c4)C(=O)[C@@]23C)cc(Br)c1O. The third-order valence-electron chi connectivity index (χ3n) is 11.2. The van der Waals surface area contributed by atoms with Gasteiger partial charge in [0.25, 0.3) is 0 Å². The van der Waals surface area contributed by atoms with Crippen molar-refractivity contribution >= 4 is 79.6 Å². The van der Waals surface area contributed by atoms with Crippen LogP contribution in [0.2, 0.25) is 5.02 Å². The topological polar surface area (TPSA) is 194 Å². The maximum absolute atomic E-state index is 14.7. The highest BCUT2D eigenvalue weighted by Gasteiger charge is 2.68. The number of imide groups is 2. The van der Waals surface area contributed by atoms with E-state index < -0.39 is 85.7 Å². The summed E-state index contributed by atoms with van der Waals surface area (Å²) in [6.07, 6.45) is 1.69. The van der Waals surface area contributed by atoms with E-state index in [0.29, 0.717) is 11.1 Å². The van der Waals surface area contributed by atoms with E-state index in [1.54, 1.807) is 19.1 Å². The molecular weight excluding hydrogens is 797 g/mol. The molecule has 0 spiro atoms. The van der Waals surface area contributed by atoms with Crippen molar-refractivity contribution in [3.05, 3.63) is 95.2 Å². The Hall–Kier alpha value is -5.42. The largest absolute Gasteiger partial charge is 0.503 e. The molecule has 0 aromatic heterocycles. The van der Waals surface area contributed by atoms with E-state index in [1.165, 1.54) is 44.3 Å². The first-order valence-corrected chi connectivity index (χ1v) is 17.7. The predicted molar refractivity (Wildman–Crippen MR) is 195 cm³/mol. The number of nitrogens with zero attached hydrogens (tertiary/aromatic N) is 5. The number of benzene rings is 3. The van der Waals surface area contributed by atoms with Crippen LogP contribution in [0.15, 0.2) is 58.6 Å². The second kappa shape index (κ2) is 12.9. The van der Waals surface area contributed by atoms with Crippen LogP contribution in [0, 0.1) is 55.1 Å². The van der Waals surface area contributed by atoms with Gasteiger partial charge in [0.15, 0.2) is 17.2 Å². The number of halogens is 3. The average Bonchev–Trinajstić information content (AvgIpc) is 3.49. The van der Waals surface area contributed by atoms with Crippen LogP contribution in [-0.2, 0) is 19.2 Å². The fraction of sp³-hybridized carbons (Fsp3) is 0.333. The van der Waals surface area contributed by atoms with Gasteiger partial charge < -0.3 is 14.7 Å². The molecule has 280 valence electrons. The zero-order chi connectivity index (χ0) is 39.3. The van der Waals surface area contributed by atoms with Crippen molar-refractivity contribution in [3.8, 4) is 11.5 Å². The predicted octanol–water partition coefficient (Wildman–Crippen LogP) is 6.27. The number of aromatic hydroxyl groups is 1. The third kappa shape index (κ3) is 5.19. The highest BCUT2D eigenvalue weighted by Crippen LogP contribution is 2.64. The average molecular weight is 827 g/mol. The Bertz CT molecular complexity index is 2250. The molecular formula is C36H30BrClFN5O10. The number of carbonyl (C=O) groups excluding carboxylic acids is 4. The summed E-state index contributed by atoms with van der Waals surface area (Å²) >= 11 is 9.42. The quantitative estimate of drug-likeness (QED) is 0.122. The molecule has 0 unspecified atom stereocenters. The number of hydrogen-bond donors (Lipinski definition) is 1. The Morgan fingerprint density at radius 2 is 1.61 bits per heavy atom. The summed E-state index contributed by atoms with van der Waals surface area (Å²) in [5.74, 6) is -8.63. The van der Waals surface area contributed by atoms with Gasteiger partial charge in [-0.15, -0.1) is 0 Å². The van der Waals surface area contributed by atoms with E-state index >= 15 is 0 Å². The number of nitro benzene ring substituents is 2. The van der Waals surface area contributed by atoms with Crippen molar-refractivity contribution in [2.75, 3.05) is 35.9 Å². The maximum atomic E-state index is 14.7. The number of carbonyl (C=O) groups is 4. The van der Waals surface area contributed by atoms with E-state index in [9.17, 15) is 48.9 Å². The smallest absolute Gasteiger partial charge is 0.301 e. The summed E-state index contributed by atoms with van der Waals surface area (Å²) in [5, 5.41) is 34.6. The van der Waals surface area contributed by atoms with Crippen LogP contribution >= 0.6 is 27.5 Å². The van der Waals surface area contributed by atoms with Crippen LogP contribution < -0.4 is 19.4 Å². The summed E-state index contributed by atoms with van der Waals surface area (Å²) < 4.78 is 19.8. The van der Waals surface area contributed by atoms with Gasteiger partial charge in [-0.05, 0) is 77.5 Å². The number of methoxy groups -OCH3 is 1. The fourth-order valence-electron chi connectivity index (χ4n) is 8.89. The van der Waals surface area contributed by atoms with Crippen LogP contribution in [0.4, 0.5) is 32.8 Å². The number of anilines is 3. The first-order valence-electron chi connectivity index (χ1n) is 16.6. The van der Waals surface area contributed by atoms with Crippen molar-refractivity contribution in [1.82, 2.24) is 0 Å². The number of allylic oxidation sites excluding steroid dienone is 2. The first-order chi connectivity index (χ1) is 25.4. The first kappa shape index (κ1) is 36.9. The maximum Gasteiger partial charge on any atom is 0.301 e. The number of ether oxygens (including phenoxy) is 1. The molecule has 54 heavy (non-hydrogen) atoms. The van der Waals surface area contributed by atoms with Crippen molar-refractivity contribution in [2.45, 2.75) is 25.7 Å². The van der Waals surface area contributed by atoms with Crippen molar-refractivity contribution in [3.63, 3.8) is 0 Å². The lowest BCUT2D eigenvalue weighted by atomic mass is 9.51. The van der Waals surface area contributed by atoms with Crippen LogP contribution in [0.5, 0.6) is 11.5 Å². The molecule has 3 fully saturated rings. The molecule has 0 radical (unpaired) electrons. The number of hydrogen-bond acceptors (Lipinski definition) is 11. The van der Waals surface area contributed by atoms with Gasteiger partial charge in [-0.25, -0.2) is 14.2 Å². The van der Waals surface area contributed by atoms with Crippen molar-refractivity contribution in [1.29, 1.82) is 0 Å². The minimum absolute atomic E-state index is 0.00456. The molecule has 4 amide bonds. The molecule has 3 aromatic carbocycles. The number of phenols is 1. The molecule has 2 aliphatic heterocycles. The normalized spacial score (nSPS) is 26.0. The van der Waals surface area contributed by atoms with Crippen LogP contribution in [-0.4, -0.2) is 59.8 Å². The minimum atomic E-state index is -1.51. The van der Waals surface area contributed by atoms with Crippen molar-refractivity contribution in [2.24, 2.45) is 29.1 Å². The fourth-order valence-corrected chi connectivity index (χ4v) is 9.53. The summed E-state index contributed by atoms with van der Waals surface area (Å²) in [6, 6.07) is 8.47. The highest BCUT2D eigenvalue weighted by molar-refractivity contribution is 9.10. The Labute approximate surface area is 319 Å². The van der Waals surface area contributed by atoms with Gasteiger partial charge in [-0.2, -0.15) is 0 Å². The van der Waals surface area contributed by atoms with Crippen LogP contribution in [0.25, 0.3) is 0 Å². The van der Waals surface area contributed by atoms with Crippen LogP contribution in [0.1, 0.15) is 31.2 Å². The summed E-state index contributed by atoms with van der Waals surface area (Å²) in [6.45, 7) is 1.63. The van der Waals surface area contributed by atoms with Crippen LogP contribution in [0.3, 0.4) is 0 Å². The van der Waals surface area contributed by atoms with Gasteiger partial charge in [0.05, 0.1) is 61.0 Å². The number of fused-ring (bicyclic) bond motifs is 4. The molecule has 2 saturated heterocycles. The molecule has 1 saturated carbocycles. The van der Waals surface area contributed by atoms with Gasteiger partial charge in [0.2, 0.25) is 23.6 Å². The zero-order valence-corrected chi connectivity index (χ0v) is 31.3. The standard InChI is InChI=1S/C36H30BrClFN5O10/c1-36-21(33(47)42(35(36)49)16-5-8-24(39)23(38)11-16)14-20-18(29(36)15-9-22(37)31(45)27(10-15)54-4)6-7-19-28(20)34(48)41(32(19)46)17-12-25(43(50)51)30(40(2)3)26(13-17)44(52)53/h5-6,8-13,19-21,28-29,45H,7,14H2,1-4H3/t19-,20+,21-,28-,29-,36+/m0/s1. The zero-order valence-electron chi connectivity index (χ0n) is 28.9. The summed E-state index contributed by atoms with van der Waals surface area (Å²) in [7, 11) is 4.11. The Morgan fingerprint density at radius 3 is 2.19 bits per heavy atom. The van der Waals surface area contributed by atoms with E-state index in [4.69, 9.17) is 16.3 Å². The molecule has 0 bridgehead atoms. The van der Waals surface area contributed by atoms with E-state index in [1.807, 2.05) is 0 Å². The molecule has 18 heteroatoms. The molecule has 2 aliphatic carbocycles. The van der Waals surface area contributed by atoms with Gasteiger partial charge in [-0.3, -0.25) is 39.4 Å². The molecule has 3 aromatic rings.